The van der Waals surface area contributed by atoms with E-state index in [1.165, 1.54) is 0 Å². The molecule has 0 radical (unpaired) electrons. The molecule has 102 valence electrons. The van der Waals surface area contributed by atoms with E-state index in [1.54, 1.807) is 4.90 Å². The molecule has 2 aromatic rings. The summed E-state index contributed by atoms with van der Waals surface area (Å²) in [6, 6.07) is 13.3. The number of amides is 1. The van der Waals surface area contributed by atoms with E-state index in [1.807, 2.05) is 49.4 Å². The van der Waals surface area contributed by atoms with E-state index < -0.39 is 5.50 Å². The van der Waals surface area contributed by atoms with Gasteiger partial charge in [-0.15, -0.1) is 12.6 Å². The third-order valence-electron chi connectivity index (χ3n) is 3.35. The average molecular weight is 349 g/mol. The first-order valence-corrected chi connectivity index (χ1v) is 7.53. The quantitative estimate of drug-likeness (QED) is 0.762. The normalized spacial score (nSPS) is 17.6. The van der Waals surface area contributed by atoms with Crippen molar-refractivity contribution in [3.8, 4) is 0 Å². The molecule has 1 amide bonds. The number of nitrogens with zero attached hydrogens (tertiary/aromatic N) is 1. The molecule has 1 aliphatic heterocycles. The lowest BCUT2D eigenvalue weighted by Gasteiger charge is -2.36. The Bertz CT molecular complexity index is 689. The number of nitrogens with one attached hydrogen (secondary N) is 1. The molecule has 3 nitrogen and oxygen atoms in total. The minimum Gasteiger partial charge on any atom is -0.356 e. The fourth-order valence-corrected chi connectivity index (χ4v) is 3.19. The summed E-state index contributed by atoms with van der Waals surface area (Å²) in [7, 11) is 0. The van der Waals surface area contributed by atoms with E-state index in [4.69, 9.17) is 0 Å². The van der Waals surface area contributed by atoms with Gasteiger partial charge in [0.1, 0.15) is 0 Å². The van der Waals surface area contributed by atoms with Gasteiger partial charge in [0.15, 0.2) is 5.50 Å². The SMILES string of the molecule is Cc1cccc2c1NC(S)N(c1ccccc1Br)C2=O. The van der Waals surface area contributed by atoms with Gasteiger partial charge in [0.2, 0.25) is 0 Å². The van der Waals surface area contributed by atoms with Crippen LogP contribution in [0.1, 0.15) is 15.9 Å². The van der Waals surface area contributed by atoms with Crippen LogP contribution in [0.2, 0.25) is 0 Å². The summed E-state index contributed by atoms with van der Waals surface area (Å²) in [4.78, 5) is 14.4. The minimum atomic E-state index is -0.394. The summed E-state index contributed by atoms with van der Waals surface area (Å²) in [5.74, 6) is -0.0469. The highest BCUT2D eigenvalue weighted by Crippen LogP contribution is 2.35. The largest absolute Gasteiger partial charge is 0.356 e. The Morgan fingerprint density at radius 2 is 1.95 bits per heavy atom. The number of carbonyl (C=O) groups is 1. The fourth-order valence-electron chi connectivity index (χ4n) is 2.36. The van der Waals surface area contributed by atoms with Crippen molar-refractivity contribution in [2.45, 2.75) is 12.4 Å². The Morgan fingerprint density at radius 3 is 2.70 bits per heavy atom. The molecular formula is C15H13BrN2OS. The van der Waals surface area contributed by atoms with E-state index in [0.717, 1.165) is 21.4 Å². The van der Waals surface area contributed by atoms with Crippen LogP contribution in [0.15, 0.2) is 46.9 Å². The van der Waals surface area contributed by atoms with Gasteiger partial charge in [-0.05, 0) is 46.6 Å². The lowest BCUT2D eigenvalue weighted by molar-refractivity contribution is 0.0983. The molecular weight excluding hydrogens is 336 g/mol. The van der Waals surface area contributed by atoms with Gasteiger partial charge in [-0.25, -0.2) is 0 Å². The molecule has 0 fully saturated rings. The minimum absolute atomic E-state index is 0.0469. The third kappa shape index (κ3) is 2.11. The van der Waals surface area contributed by atoms with Crippen LogP contribution in [0.4, 0.5) is 11.4 Å². The molecule has 20 heavy (non-hydrogen) atoms. The summed E-state index contributed by atoms with van der Waals surface area (Å²) in [5.41, 5.74) is 2.99. The maximum Gasteiger partial charge on any atom is 0.262 e. The number of carbonyl (C=O) groups excluding carboxylic acids is 1. The molecule has 1 aliphatic rings. The Kier molecular flexibility index (Phi) is 3.48. The Hall–Kier alpha value is -1.46. The molecule has 0 aromatic heterocycles. The standard InChI is InChI=1S/C15H13BrN2OS/c1-9-5-4-6-10-13(9)17-15(20)18(14(10)19)12-8-3-2-7-11(12)16/h2-8,15,17,20H,1H3. The first kappa shape index (κ1) is 13.5. The lowest BCUT2D eigenvalue weighted by Crippen LogP contribution is -2.46. The topological polar surface area (TPSA) is 32.3 Å². The Balaban J connectivity index is 2.12. The molecule has 3 rings (SSSR count). The molecule has 0 saturated carbocycles. The summed E-state index contributed by atoms with van der Waals surface area (Å²) in [6.07, 6.45) is 0. The van der Waals surface area contributed by atoms with Crippen LogP contribution in [-0.4, -0.2) is 11.4 Å². The zero-order valence-corrected chi connectivity index (χ0v) is 13.3. The second kappa shape index (κ2) is 5.14. The second-order valence-corrected chi connectivity index (χ2v) is 5.99. The van der Waals surface area contributed by atoms with Gasteiger partial charge in [0.05, 0.1) is 16.9 Å². The van der Waals surface area contributed by atoms with Crippen LogP contribution < -0.4 is 10.2 Å². The number of hydrogen-bond acceptors (Lipinski definition) is 3. The van der Waals surface area contributed by atoms with Crippen molar-refractivity contribution in [2.24, 2.45) is 0 Å². The molecule has 1 heterocycles. The van der Waals surface area contributed by atoms with Gasteiger partial charge in [-0.1, -0.05) is 24.3 Å². The maximum absolute atomic E-state index is 12.7. The van der Waals surface area contributed by atoms with Crippen LogP contribution >= 0.6 is 28.6 Å². The van der Waals surface area contributed by atoms with Crippen molar-refractivity contribution in [1.29, 1.82) is 0 Å². The zero-order valence-electron chi connectivity index (χ0n) is 10.8. The van der Waals surface area contributed by atoms with Gasteiger partial charge in [0.25, 0.3) is 5.91 Å². The van der Waals surface area contributed by atoms with E-state index in [0.29, 0.717) is 5.56 Å². The second-order valence-electron chi connectivity index (χ2n) is 4.64. The first-order valence-electron chi connectivity index (χ1n) is 6.22. The van der Waals surface area contributed by atoms with Crippen molar-refractivity contribution in [2.75, 3.05) is 10.2 Å². The monoisotopic (exact) mass is 348 g/mol. The number of aryl methyl sites for hydroxylation is 1. The number of thiol groups is 1. The number of benzene rings is 2. The third-order valence-corrected chi connectivity index (χ3v) is 4.38. The summed E-state index contributed by atoms with van der Waals surface area (Å²) in [6.45, 7) is 1.98. The van der Waals surface area contributed by atoms with Crippen LogP contribution in [0, 0.1) is 6.92 Å². The molecule has 0 bridgehead atoms. The van der Waals surface area contributed by atoms with Crippen molar-refractivity contribution in [3.05, 3.63) is 58.1 Å². The van der Waals surface area contributed by atoms with Crippen molar-refractivity contribution in [3.63, 3.8) is 0 Å². The van der Waals surface area contributed by atoms with Gasteiger partial charge >= 0.3 is 0 Å². The van der Waals surface area contributed by atoms with Crippen LogP contribution in [0.3, 0.4) is 0 Å². The van der Waals surface area contributed by atoms with E-state index in [-0.39, 0.29) is 5.91 Å². The molecule has 0 aliphatic carbocycles. The predicted octanol–water partition coefficient (Wildman–Crippen LogP) is 4.04. The molecule has 2 aromatic carbocycles. The Morgan fingerprint density at radius 1 is 1.20 bits per heavy atom. The van der Waals surface area contributed by atoms with Crippen LogP contribution in [0.25, 0.3) is 0 Å². The van der Waals surface area contributed by atoms with E-state index >= 15 is 0 Å². The van der Waals surface area contributed by atoms with Gasteiger partial charge in [0, 0.05) is 4.47 Å². The van der Waals surface area contributed by atoms with E-state index in [2.05, 4.69) is 33.9 Å². The van der Waals surface area contributed by atoms with Gasteiger partial charge < -0.3 is 5.32 Å². The number of anilines is 2. The predicted molar refractivity (Wildman–Crippen MR) is 88.5 cm³/mol. The van der Waals surface area contributed by atoms with Crippen molar-refractivity contribution in [1.82, 2.24) is 0 Å². The highest BCUT2D eigenvalue weighted by molar-refractivity contribution is 9.10. The fraction of sp³-hybridized carbons (Fsp3) is 0.133. The van der Waals surface area contributed by atoms with Crippen LogP contribution in [-0.2, 0) is 0 Å². The number of halogens is 1. The van der Waals surface area contributed by atoms with E-state index in [9.17, 15) is 4.79 Å². The lowest BCUT2D eigenvalue weighted by atomic mass is 10.0. The number of fused-ring (bicyclic) bond motifs is 1. The van der Waals surface area contributed by atoms with Gasteiger partial charge in [-0.3, -0.25) is 9.69 Å². The highest BCUT2D eigenvalue weighted by Gasteiger charge is 2.32. The highest BCUT2D eigenvalue weighted by atomic mass is 79.9. The summed E-state index contributed by atoms with van der Waals surface area (Å²) >= 11 is 8.00. The molecule has 1 atom stereocenters. The van der Waals surface area contributed by atoms with Crippen molar-refractivity contribution < 1.29 is 4.79 Å². The van der Waals surface area contributed by atoms with Crippen molar-refractivity contribution >= 4 is 45.8 Å². The number of hydrogen-bond donors (Lipinski definition) is 2. The summed E-state index contributed by atoms with van der Waals surface area (Å²) < 4.78 is 0.866. The summed E-state index contributed by atoms with van der Waals surface area (Å²) in [5, 5.41) is 3.28. The molecule has 5 heteroatoms. The molecule has 1 N–H and O–H groups in total. The van der Waals surface area contributed by atoms with Gasteiger partial charge in [-0.2, -0.15) is 0 Å². The molecule has 0 saturated heterocycles. The maximum atomic E-state index is 12.7. The average Bonchev–Trinajstić information content (AvgIpc) is 2.42. The molecule has 0 spiro atoms. The molecule has 1 unspecified atom stereocenters. The van der Waals surface area contributed by atoms with Crippen LogP contribution in [0.5, 0.6) is 0 Å². The Labute approximate surface area is 131 Å². The number of rotatable bonds is 1. The number of para-hydroxylation sites is 2. The zero-order chi connectivity index (χ0) is 14.3. The first-order chi connectivity index (χ1) is 9.59. The smallest absolute Gasteiger partial charge is 0.262 e.